The van der Waals surface area contributed by atoms with E-state index in [4.69, 9.17) is 0 Å². The van der Waals surface area contributed by atoms with Crippen LogP contribution in [0.15, 0.2) is 244 Å². The van der Waals surface area contributed by atoms with Gasteiger partial charge in [0.05, 0.1) is 25.4 Å². The molecule has 0 aliphatic carbocycles. The van der Waals surface area contributed by atoms with Crippen LogP contribution in [0.1, 0.15) is 66.8 Å². The van der Waals surface area contributed by atoms with E-state index in [1.54, 1.807) is 0 Å². The van der Waals surface area contributed by atoms with Gasteiger partial charge in [0.2, 0.25) is 0 Å². The van der Waals surface area contributed by atoms with Crippen LogP contribution < -0.4 is 21.3 Å². The zero-order valence-electron chi connectivity index (χ0n) is 43.5. The van der Waals surface area contributed by atoms with Crippen LogP contribution in [0, 0.1) is 0 Å². The highest BCUT2D eigenvalue weighted by molar-refractivity contribution is 8.44. The van der Waals surface area contributed by atoms with Crippen LogP contribution in [0.4, 0.5) is 0 Å². The Morgan fingerprint density at radius 2 is 0.372 bits per heavy atom. The Balaban J connectivity index is 0.806. The minimum Gasteiger partial charge on any atom is -0.309 e. The van der Waals surface area contributed by atoms with E-state index in [1.807, 2.05) is 94.1 Å². The highest BCUT2D eigenvalue weighted by Crippen LogP contribution is 2.66. The van der Waals surface area contributed by atoms with Gasteiger partial charge in [0, 0.05) is 75.4 Å². The summed E-state index contributed by atoms with van der Waals surface area (Å²) in [7, 11) is 0. The topological polar surface area (TPSA) is 48.1 Å². The molecule has 0 spiro atoms. The van der Waals surface area contributed by atoms with Gasteiger partial charge in [0.15, 0.2) is 0 Å². The van der Waals surface area contributed by atoms with E-state index in [0.717, 1.165) is 75.4 Å². The van der Waals surface area contributed by atoms with E-state index in [0.29, 0.717) is 0 Å². The number of hydrogen-bond acceptors (Lipinski definition) is 12. The van der Waals surface area contributed by atoms with Crippen molar-refractivity contribution in [3.63, 3.8) is 0 Å². The lowest BCUT2D eigenvalue weighted by molar-refractivity contribution is 0.693. The molecule has 0 bridgehead atoms. The zero-order valence-corrected chi connectivity index (χ0v) is 50.1. The summed E-state index contributed by atoms with van der Waals surface area (Å²) in [6.07, 6.45) is 0. The fourth-order valence-corrected chi connectivity index (χ4v) is 20.3. The highest BCUT2D eigenvalue weighted by atomic mass is 32.3. The standard InChI is InChI=1S/C66H64N4S8/c1-5-13-49(14-6-1)37-67-41-53-21-29-57(30-22-53)45-71-61-62(72-46-58-31-23-54(24-32-58)42-68-38-50-15-7-2-8-16-50)76-65(75-61)66-77-63(73-47-59-33-25-55(26-34-59)43-69-39-51-17-9-3-10-18-51)64(78-66)74-48-60-35-27-56(28-36-60)44-70-40-52-19-11-4-12-20-52/h1-36,67-70H,37-48H2. The van der Waals surface area contributed by atoms with E-state index >= 15 is 0 Å². The highest BCUT2D eigenvalue weighted by Gasteiger charge is 2.31. The Morgan fingerprint density at radius 1 is 0.205 bits per heavy atom. The summed E-state index contributed by atoms with van der Waals surface area (Å²) in [6, 6.07) is 79.4. The van der Waals surface area contributed by atoms with Gasteiger partial charge in [-0.3, -0.25) is 0 Å². The molecule has 8 aromatic carbocycles. The Hall–Kier alpha value is -4.38. The van der Waals surface area contributed by atoms with Crippen LogP contribution in [0.3, 0.4) is 0 Å². The van der Waals surface area contributed by atoms with Crippen molar-refractivity contribution in [2.24, 2.45) is 0 Å². The zero-order chi connectivity index (χ0) is 52.8. The quantitative estimate of drug-likeness (QED) is 0.0378. The van der Waals surface area contributed by atoms with Crippen molar-refractivity contribution >= 4 is 94.1 Å². The Morgan fingerprint density at radius 3 is 0.564 bits per heavy atom. The van der Waals surface area contributed by atoms with Crippen molar-refractivity contribution in [3.8, 4) is 0 Å². The summed E-state index contributed by atoms with van der Waals surface area (Å²) in [5.41, 5.74) is 15.9. The summed E-state index contributed by atoms with van der Waals surface area (Å²) in [6.45, 7) is 6.88. The Bertz CT molecular complexity index is 2760. The van der Waals surface area contributed by atoms with E-state index in [2.05, 4.69) is 240 Å². The SMILES string of the molecule is c1ccc(CNCc2ccc(CSC3=C(SCc4ccc(CNCc5ccccc5)cc4)SC(=C4SC(SCc5ccc(CNCc6ccccc6)cc5)=C(SCc5ccc(CNCc6ccccc6)cc5)S4)S3)cc2)cc1. The second-order valence-corrected chi connectivity index (χ2v) is 28.5. The van der Waals surface area contributed by atoms with Crippen LogP contribution in [0.5, 0.6) is 0 Å². The van der Waals surface area contributed by atoms with Crippen molar-refractivity contribution in [1.29, 1.82) is 0 Å². The molecule has 2 heterocycles. The summed E-state index contributed by atoms with van der Waals surface area (Å²) in [4.78, 5) is 0. The first-order chi connectivity index (χ1) is 38.6. The molecule has 0 fully saturated rings. The molecule has 0 aromatic heterocycles. The summed E-state index contributed by atoms with van der Waals surface area (Å²) < 4.78 is 8.46. The maximum Gasteiger partial charge on any atom is 0.0717 e. The number of hydrogen-bond donors (Lipinski definition) is 4. The summed E-state index contributed by atoms with van der Waals surface area (Å²) in [5.74, 6) is 3.73. The number of benzene rings is 8. The van der Waals surface area contributed by atoms with Gasteiger partial charge in [-0.1, -0.05) is 265 Å². The largest absolute Gasteiger partial charge is 0.309 e. The smallest absolute Gasteiger partial charge is 0.0717 e. The minimum atomic E-state index is 0.853. The van der Waals surface area contributed by atoms with Gasteiger partial charge in [-0.25, -0.2) is 0 Å². The molecule has 8 aromatic rings. The van der Waals surface area contributed by atoms with E-state index in [9.17, 15) is 0 Å². The normalized spacial score (nSPS) is 13.5. The van der Waals surface area contributed by atoms with Crippen LogP contribution >= 0.6 is 94.1 Å². The Labute approximate surface area is 497 Å². The minimum absolute atomic E-state index is 0.853. The van der Waals surface area contributed by atoms with E-state index < -0.39 is 0 Å². The molecule has 0 radical (unpaired) electrons. The third-order valence-corrected chi connectivity index (χ3v) is 24.7. The lowest BCUT2D eigenvalue weighted by Gasteiger charge is -2.08. The monoisotopic (exact) mass is 1170 g/mol. The predicted octanol–water partition coefficient (Wildman–Crippen LogP) is 18.2. The fraction of sp³-hybridized carbons (Fsp3) is 0.182. The van der Waals surface area contributed by atoms with Crippen LogP contribution in [-0.2, 0) is 75.4 Å². The van der Waals surface area contributed by atoms with E-state index in [1.165, 1.54) is 92.2 Å². The molecule has 78 heavy (non-hydrogen) atoms. The molecule has 2 aliphatic rings. The van der Waals surface area contributed by atoms with Gasteiger partial charge >= 0.3 is 0 Å². The first-order valence-electron chi connectivity index (χ1n) is 26.4. The predicted molar refractivity (Wildman–Crippen MR) is 350 cm³/mol. The van der Waals surface area contributed by atoms with Crippen LogP contribution in [0.25, 0.3) is 0 Å². The van der Waals surface area contributed by atoms with Gasteiger partial charge in [-0.2, -0.15) is 0 Å². The molecule has 0 saturated carbocycles. The second-order valence-electron chi connectivity index (χ2n) is 18.9. The molecule has 0 unspecified atom stereocenters. The fourth-order valence-electron chi connectivity index (χ4n) is 8.46. The molecule has 10 rings (SSSR count). The van der Waals surface area contributed by atoms with Gasteiger partial charge < -0.3 is 21.3 Å². The molecular formula is C66H64N4S8. The molecule has 0 atom stereocenters. The molecule has 4 N–H and O–H groups in total. The van der Waals surface area contributed by atoms with Gasteiger partial charge in [0.25, 0.3) is 0 Å². The molecule has 12 heteroatoms. The van der Waals surface area contributed by atoms with Crippen LogP contribution in [-0.4, -0.2) is 0 Å². The maximum absolute atomic E-state index is 3.62. The molecular weight excluding hydrogens is 1110 g/mol. The number of thioether (sulfide) groups is 8. The van der Waals surface area contributed by atoms with Crippen molar-refractivity contribution in [2.45, 2.75) is 75.4 Å². The Kier molecular flexibility index (Phi) is 22.6. The van der Waals surface area contributed by atoms with Crippen LogP contribution in [0.2, 0.25) is 0 Å². The number of nitrogens with one attached hydrogen (secondary N) is 4. The van der Waals surface area contributed by atoms with E-state index in [-0.39, 0.29) is 0 Å². The lowest BCUT2D eigenvalue weighted by Crippen LogP contribution is -2.12. The van der Waals surface area contributed by atoms with Crippen molar-refractivity contribution in [3.05, 3.63) is 311 Å². The molecule has 4 nitrogen and oxygen atoms in total. The molecule has 396 valence electrons. The van der Waals surface area contributed by atoms with Gasteiger partial charge in [-0.15, -0.1) is 47.0 Å². The molecule has 0 saturated heterocycles. The van der Waals surface area contributed by atoms with Crippen molar-refractivity contribution in [1.82, 2.24) is 21.3 Å². The lowest BCUT2D eigenvalue weighted by atomic mass is 10.1. The van der Waals surface area contributed by atoms with Gasteiger partial charge in [0.1, 0.15) is 0 Å². The molecule has 0 amide bonds. The van der Waals surface area contributed by atoms with Crippen molar-refractivity contribution < 1.29 is 0 Å². The van der Waals surface area contributed by atoms with Crippen molar-refractivity contribution in [2.75, 3.05) is 0 Å². The first kappa shape index (κ1) is 56.9. The first-order valence-corrected chi connectivity index (χ1v) is 33.6. The third kappa shape index (κ3) is 18.3. The average Bonchev–Trinajstić information content (AvgIpc) is 4.13. The summed E-state index contributed by atoms with van der Waals surface area (Å²) >= 11 is 15.9. The second kappa shape index (κ2) is 31.0. The number of rotatable bonds is 28. The summed E-state index contributed by atoms with van der Waals surface area (Å²) in [5, 5.41) is 14.5. The van der Waals surface area contributed by atoms with Gasteiger partial charge in [-0.05, 0) is 66.8 Å². The molecule has 2 aliphatic heterocycles. The maximum atomic E-state index is 3.62. The third-order valence-electron chi connectivity index (χ3n) is 12.8. The average molecular weight is 1170 g/mol.